The minimum Gasteiger partial charge on any atom is -0.339 e. The van der Waals surface area contributed by atoms with Crippen LogP contribution in [-0.2, 0) is 0 Å². The molecule has 1 saturated heterocycles. The molecule has 1 aliphatic rings. The lowest BCUT2D eigenvalue weighted by Crippen LogP contribution is -2.38. The number of hydrogen-bond acceptors (Lipinski definition) is 6. The number of para-hydroxylation sites is 2. The predicted octanol–water partition coefficient (Wildman–Crippen LogP) is 3.84. The van der Waals surface area contributed by atoms with Gasteiger partial charge in [0.2, 0.25) is 11.7 Å². The van der Waals surface area contributed by atoms with Gasteiger partial charge in [-0.2, -0.15) is 4.98 Å². The van der Waals surface area contributed by atoms with Crippen LogP contribution < -0.4 is 0 Å². The number of amides is 1. The second-order valence-corrected chi connectivity index (χ2v) is 7.27. The Balaban J connectivity index is 1.26. The molecule has 8 heteroatoms. The molecule has 1 fully saturated rings. The van der Waals surface area contributed by atoms with Crippen molar-refractivity contribution in [2.75, 3.05) is 13.1 Å². The van der Waals surface area contributed by atoms with Gasteiger partial charge in [0.15, 0.2) is 0 Å². The van der Waals surface area contributed by atoms with Gasteiger partial charge in [-0.15, -0.1) is 0 Å². The number of piperidine rings is 1. The molecule has 0 radical (unpaired) electrons. The van der Waals surface area contributed by atoms with E-state index in [0.717, 1.165) is 18.4 Å². The van der Waals surface area contributed by atoms with Gasteiger partial charge in [-0.1, -0.05) is 17.3 Å². The van der Waals surface area contributed by atoms with Gasteiger partial charge in [0.25, 0.3) is 5.91 Å². The van der Waals surface area contributed by atoms with Crippen LogP contribution in [0.2, 0.25) is 0 Å². The lowest BCUT2D eigenvalue weighted by Gasteiger charge is -2.30. The number of aromatic nitrogens is 4. The maximum atomic E-state index is 13.1. The highest BCUT2D eigenvalue weighted by atomic mass is 19.1. The van der Waals surface area contributed by atoms with E-state index in [0.29, 0.717) is 41.6 Å². The van der Waals surface area contributed by atoms with E-state index < -0.39 is 0 Å². The second-order valence-electron chi connectivity index (χ2n) is 7.27. The molecule has 0 aliphatic carbocycles. The molecule has 150 valence electrons. The fourth-order valence-electron chi connectivity index (χ4n) is 3.67. The number of fused-ring (bicyclic) bond motifs is 1. The van der Waals surface area contributed by atoms with Gasteiger partial charge < -0.3 is 9.42 Å². The Labute approximate surface area is 171 Å². The maximum absolute atomic E-state index is 13.1. The predicted molar refractivity (Wildman–Crippen MR) is 107 cm³/mol. The first kappa shape index (κ1) is 18.4. The third-order valence-electron chi connectivity index (χ3n) is 5.34. The largest absolute Gasteiger partial charge is 0.339 e. The SMILES string of the molecule is O=C(c1cnc2ccccc2n1)N1CCC(c2nc(-c3ccc(F)cc3)no2)CC1. The summed E-state index contributed by atoms with van der Waals surface area (Å²) in [6, 6.07) is 13.5. The van der Waals surface area contributed by atoms with Crippen LogP contribution in [0.4, 0.5) is 4.39 Å². The molecule has 3 heterocycles. The first-order valence-corrected chi connectivity index (χ1v) is 9.78. The van der Waals surface area contributed by atoms with Crippen molar-refractivity contribution in [1.82, 2.24) is 25.0 Å². The Morgan fingerprint density at radius 3 is 2.50 bits per heavy atom. The van der Waals surface area contributed by atoms with Crippen molar-refractivity contribution < 1.29 is 13.7 Å². The van der Waals surface area contributed by atoms with Gasteiger partial charge in [-0.3, -0.25) is 9.78 Å². The number of nitrogens with zero attached hydrogens (tertiary/aromatic N) is 5. The number of likely N-dealkylation sites (tertiary alicyclic amines) is 1. The minimum atomic E-state index is -0.310. The monoisotopic (exact) mass is 403 g/mol. The van der Waals surface area contributed by atoms with E-state index >= 15 is 0 Å². The van der Waals surface area contributed by atoms with Gasteiger partial charge in [-0.25, -0.2) is 9.37 Å². The first-order chi connectivity index (χ1) is 14.7. The number of carbonyl (C=O) groups is 1. The Bertz CT molecular complexity index is 1200. The third kappa shape index (κ3) is 3.52. The number of hydrogen-bond donors (Lipinski definition) is 0. The van der Waals surface area contributed by atoms with Gasteiger partial charge in [0.1, 0.15) is 11.5 Å². The summed E-state index contributed by atoms with van der Waals surface area (Å²) in [6.07, 6.45) is 2.97. The van der Waals surface area contributed by atoms with Crippen molar-refractivity contribution in [2.24, 2.45) is 0 Å². The van der Waals surface area contributed by atoms with E-state index in [2.05, 4.69) is 20.1 Å². The van der Waals surface area contributed by atoms with Gasteiger partial charge in [0, 0.05) is 24.6 Å². The summed E-state index contributed by atoms with van der Waals surface area (Å²) in [5.74, 6) is 0.639. The summed E-state index contributed by atoms with van der Waals surface area (Å²) < 4.78 is 18.5. The van der Waals surface area contributed by atoms with E-state index in [4.69, 9.17) is 4.52 Å². The Hall–Kier alpha value is -3.68. The molecule has 5 rings (SSSR count). The van der Waals surface area contributed by atoms with Crippen LogP contribution in [0.1, 0.15) is 35.1 Å². The molecule has 0 unspecified atom stereocenters. The third-order valence-corrected chi connectivity index (χ3v) is 5.34. The Morgan fingerprint density at radius 1 is 1.00 bits per heavy atom. The zero-order valence-corrected chi connectivity index (χ0v) is 16.0. The van der Waals surface area contributed by atoms with E-state index in [-0.39, 0.29) is 17.6 Å². The quantitative estimate of drug-likeness (QED) is 0.517. The minimum absolute atomic E-state index is 0.0819. The van der Waals surface area contributed by atoms with Crippen molar-refractivity contribution in [1.29, 1.82) is 0 Å². The average molecular weight is 403 g/mol. The summed E-state index contributed by atoms with van der Waals surface area (Å²) in [5.41, 5.74) is 2.52. The molecule has 4 aromatic rings. The molecule has 1 aliphatic heterocycles. The highest BCUT2D eigenvalue weighted by molar-refractivity contribution is 5.93. The van der Waals surface area contributed by atoms with Crippen molar-refractivity contribution in [3.8, 4) is 11.4 Å². The molecule has 0 spiro atoms. The highest BCUT2D eigenvalue weighted by Crippen LogP contribution is 2.29. The van der Waals surface area contributed by atoms with Crippen LogP contribution in [0.15, 0.2) is 59.3 Å². The fourth-order valence-corrected chi connectivity index (χ4v) is 3.67. The van der Waals surface area contributed by atoms with Crippen LogP contribution in [0, 0.1) is 5.82 Å². The fraction of sp³-hybridized carbons (Fsp3) is 0.227. The van der Waals surface area contributed by atoms with E-state index in [1.54, 1.807) is 17.0 Å². The number of benzene rings is 2. The van der Waals surface area contributed by atoms with Gasteiger partial charge >= 0.3 is 0 Å². The second kappa shape index (κ2) is 7.62. The number of carbonyl (C=O) groups excluding carboxylic acids is 1. The first-order valence-electron chi connectivity index (χ1n) is 9.78. The van der Waals surface area contributed by atoms with E-state index in [9.17, 15) is 9.18 Å². The maximum Gasteiger partial charge on any atom is 0.274 e. The van der Waals surface area contributed by atoms with Crippen LogP contribution in [0.25, 0.3) is 22.4 Å². The summed E-state index contributed by atoms with van der Waals surface area (Å²) >= 11 is 0. The molecule has 0 atom stereocenters. The zero-order valence-electron chi connectivity index (χ0n) is 16.0. The summed E-state index contributed by atoms with van der Waals surface area (Å²) in [5, 5.41) is 4.01. The van der Waals surface area contributed by atoms with E-state index in [1.165, 1.54) is 18.3 Å². The average Bonchev–Trinajstić information content (AvgIpc) is 3.29. The van der Waals surface area contributed by atoms with Crippen LogP contribution in [0.5, 0.6) is 0 Å². The number of rotatable bonds is 3. The topological polar surface area (TPSA) is 85.0 Å². The lowest BCUT2D eigenvalue weighted by molar-refractivity contribution is 0.0698. The Morgan fingerprint density at radius 2 is 1.73 bits per heavy atom. The molecule has 2 aromatic carbocycles. The van der Waals surface area contributed by atoms with Crippen molar-refractivity contribution in [3.05, 3.63) is 72.1 Å². The summed E-state index contributed by atoms with van der Waals surface area (Å²) in [6.45, 7) is 1.15. The molecule has 2 aromatic heterocycles. The lowest BCUT2D eigenvalue weighted by atomic mass is 9.96. The van der Waals surface area contributed by atoms with Crippen LogP contribution >= 0.6 is 0 Å². The van der Waals surface area contributed by atoms with Crippen LogP contribution in [-0.4, -0.2) is 44.0 Å². The Kier molecular flexibility index (Phi) is 4.66. The van der Waals surface area contributed by atoms with Crippen molar-refractivity contribution >= 4 is 16.9 Å². The zero-order chi connectivity index (χ0) is 20.5. The molecular formula is C22H18FN5O2. The molecule has 1 amide bonds. The molecule has 0 bridgehead atoms. The molecule has 0 N–H and O–H groups in total. The normalized spacial score (nSPS) is 14.9. The standard InChI is InChI=1S/C22H18FN5O2/c23-16-7-5-14(6-8-16)20-26-21(30-27-20)15-9-11-28(12-10-15)22(29)19-13-24-17-3-1-2-4-18(17)25-19/h1-8,13,15H,9-12H2. The van der Waals surface area contributed by atoms with Crippen LogP contribution in [0.3, 0.4) is 0 Å². The molecule has 30 heavy (non-hydrogen) atoms. The van der Waals surface area contributed by atoms with Gasteiger partial charge in [-0.05, 0) is 49.2 Å². The van der Waals surface area contributed by atoms with Gasteiger partial charge in [0.05, 0.1) is 17.2 Å². The number of halogens is 1. The van der Waals surface area contributed by atoms with Crippen molar-refractivity contribution in [3.63, 3.8) is 0 Å². The smallest absolute Gasteiger partial charge is 0.274 e. The highest BCUT2D eigenvalue weighted by Gasteiger charge is 2.28. The summed E-state index contributed by atoms with van der Waals surface area (Å²) in [7, 11) is 0. The molecular weight excluding hydrogens is 385 g/mol. The van der Waals surface area contributed by atoms with E-state index in [1.807, 2.05) is 24.3 Å². The molecule has 7 nitrogen and oxygen atoms in total. The molecule has 0 saturated carbocycles. The summed E-state index contributed by atoms with van der Waals surface area (Å²) in [4.78, 5) is 27.9. The van der Waals surface area contributed by atoms with Crippen molar-refractivity contribution in [2.45, 2.75) is 18.8 Å².